The van der Waals surface area contributed by atoms with Crippen molar-refractivity contribution in [3.63, 3.8) is 0 Å². The molecule has 0 heterocycles. The van der Waals surface area contributed by atoms with Crippen LogP contribution in [0.1, 0.15) is 58.3 Å². The van der Waals surface area contributed by atoms with E-state index in [0.29, 0.717) is 11.6 Å². The van der Waals surface area contributed by atoms with Gasteiger partial charge in [0.25, 0.3) is 0 Å². The van der Waals surface area contributed by atoms with Gasteiger partial charge in [-0.15, -0.1) is 0 Å². The standard InChI is InChI=1S/C13H26N2/c1-13(8-5-9-13)15-10-11-6-3-2-4-7-12(11)14/h11-12,15H,2-10,14H2,1H3. The van der Waals surface area contributed by atoms with Crippen LogP contribution in [0, 0.1) is 5.92 Å². The molecule has 2 rings (SSSR count). The van der Waals surface area contributed by atoms with E-state index in [2.05, 4.69) is 12.2 Å². The monoisotopic (exact) mass is 210 g/mol. The topological polar surface area (TPSA) is 38.0 Å². The second kappa shape index (κ2) is 4.84. The summed E-state index contributed by atoms with van der Waals surface area (Å²) in [6.07, 6.45) is 10.8. The molecule has 0 bridgehead atoms. The first-order chi connectivity index (χ1) is 7.20. The third-order valence-corrected chi connectivity index (χ3v) is 4.47. The Morgan fingerprint density at radius 2 is 1.87 bits per heavy atom. The minimum atomic E-state index is 0.448. The van der Waals surface area contributed by atoms with Gasteiger partial charge in [-0.2, -0.15) is 0 Å². The van der Waals surface area contributed by atoms with Crippen molar-refractivity contribution < 1.29 is 0 Å². The molecule has 2 aliphatic carbocycles. The summed E-state index contributed by atoms with van der Waals surface area (Å²) >= 11 is 0. The van der Waals surface area contributed by atoms with Crippen molar-refractivity contribution in [2.45, 2.75) is 69.9 Å². The lowest BCUT2D eigenvalue weighted by atomic mass is 9.78. The molecule has 15 heavy (non-hydrogen) atoms. The minimum absolute atomic E-state index is 0.448. The molecule has 2 atom stereocenters. The van der Waals surface area contributed by atoms with E-state index in [4.69, 9.17) is 5.73 Å². The van der Waals surface area contributed by atoms with Crippen LogP contribution in [0.2, 0.25) is 0 Å². The van der Waals surface area contributed by atoms with Crippen molar-refractivity contribution in [2.75, 3.05) is 6.54 Å². The van der Waals surface area contributed by atoms with E-state index in [0.717, 1.165) is 12.5 Å². The van der Waals surface area contributed by atoms with Gasteiger partial charge in [-0.1, -0.05) is 19.3 Å². The van der Waals surface area contributed by atoms with Gasteiger partial charge in [0, 0.05) is 11.6 Å². The molecule has 2 fully saturated rings. The van der Waals surface area contributed by atoms with Gasteiger partial charge < -0.3 is 11.1 Å². The molecule has 2 heteroatoms. The predicted octanol–water partition coefficient (Wildman–Crippen LogP) is 2.43. The average Bonchev–Trinajstić information content (AvgIpc) is 2.37. The zero-order valence-electron chi connectivity index (χ0n) is 10.1. The molecule has 0 aliphatic heterocycles. The fourth-order valence-electron chi connectivity index (χ4n) is 2.93. The second-order valence-corrected chi connectivity index (χ2v) is 5.86. The van der Waals surface area contributed by atoms with Crippen LogP contribution in [0.25, 0.3) is 0 Å². The molecule has 3 N–H and O–H groups in total. The van der Waals surface area contributed by atoms with E-state index in [1.165, 1.54) is 51.4 Å². The van der Waals surface area contributed by atoms with Gasteiger partial charge in [-0.05, 0) is 51.5 Å². The highest BCUT2D eigenvalue weighted by molar-refractivity contribution is 4.92. The number of hydrogen-bond acceptors (Lipinski definition) is 2. The molecular formula is C13H26N2. The third kappa shape index (κ3) is 2.94. The zero-order chi connectivity index (χ0) is 10.7. The fraction of sp³-hybridized carbons (Fsp3) is 1.00. The van der Waals surface area contributed by atoms with Crippen LogP contribution in [0.15, 0.2) is 0 Å². The maximum absolute atomic E-state index is 6.23. The highest BCUT2D eigenvalue weighted by atomic mass is 15.0. The van der Waals surface area contributed by atoms with Crippen molar-refractivity contribution >= 4 is 0 Å². The van der Waals surface area contributed by atoms with Gasteiger partial charge in [0.05, 0.1) is 0 Å². The van der Waals surface area contributed by atoms with E-state index in [9.17, 15) is 0 Å². The van der Waals surface area contributed by atoms with Crippen LogP contribution in [0.4, 0.5) is 0 Å². The van der Waals surface area contributed by atoms with E-state index >= 15 is 0 Å². The Bertz CT molecular complexity index is 199. The third-order valence-electron chi connectivity index (χ3n) is 4.47. The second-order valence-electron chi connectivity index (χ2n) is 5.86. The summed E-state index contributed by atoms with van der Waals surface area (Å²) in [7, 11) is 0. The molecule has 2 aliphatic rings. The summed E-state index contributed by atoms with van der Waals surface area (Å²) in [5.41, 5.74) is 6.68. The van der Waals surface area contributed by atoms with Gasteiger partial charge in [-0.3, -0.25) is 0 Å². The summed E-state index contributed by atoms with van der Waals surface area (Å²) < 4.78 is 0. The van der Waals surface area contributed by atoms with Crippen molar-refractivity contribution in [1.82, 2.24) is 5.32 Å². The molecule has 0 saturated heterocycles. The SMILES string of the molecule is CC1(NCC2CCCCCC2N)CCC1. The van der Waals surface area contributed by atoms with Gasteiger partial charge in [0.2, 0.25) is 0 Å². The number of hydrogen-bond donors (Lipinski definition) is 2. The number of nitrogens with two attached hydrogens (primary N) is 1. The lowest BCUT2D eigenvalue weighted by molar-refractivity contribution is 0.190. The molecule has 0 radical (unpaired) electrons. The molecule has 0 spiro atoms. The largest absolute Gasteiger partial charge is 0.327 e. The van der Waals surface area contributed by atoms with Crippen LogP contribution in [0.3, 0.4) is 0 Å². The summed E-state index contributed by atoms with van der Waals surface area (Å²) in [5, 5.41) is 3.74. The quantitative estimate of drug-likeness (QED) is 0.702. The Morgan fingerprint density at radius 1 is 1.13 bits per heavy atom. The molecule has 2 saturated carbocycles. The first kappa shape index (κ1) is 11.4. The van der Waals surface area contributed by atoms with Crippen molar-refractivity contribution in [3.05, 3.63) is 0 Å². The summed E-state index contributed by atoms with van der Waals surface area (Å²) in [6, 6.07) is 0.448. The first-order valence-corrected chi connectivity index (χ1v) is 6.70. The summed E-state index contributed by atoms with van der Waals surface area (Å²) in [4.78, 5) is 0. The average molecular weight is 210 g/mol. The minimum Gasteiger partial charge on any atom is -0.327 e. The Labute approximate surface area is 94.0 Å². The Balaban J connectivity index is 1.76. The maximum atomic E-state index is 6.23. The highest BCUT2D eigenvalue weighted by Crippen LogP contribution is 2.31. The summed E-state index contributed by atoms with van der Waals surface area (Å²) in [5.74, 6) is 0.727. The smallest absolute Gasteiger partial charge is 0.0153 e. The van der Waals surface area contributed by atoms with E-state index in [-0.39, 0.29) is 0 Å². The first-order valence-electron chi connectivity index (χ1n) is 6.70. The predicted molar refractivity (Wildman–Crippen MR) is 64.8 cm³/mol. The van der Waals surface area contributed by atoms with Gasteiger partial charge in [0.1, 0.15) is 0 Å². The molecule has 0 amide bonds. The Morgan fingerprint density at radius 3 is 2.53 bits per heavy atom. The van der Waals surface area contributed by atoms with Crippen molar-refractivity contribution in [2.24, 2.45) is 11.7 Å². The summed E-state index contributed by atoms with van der Waals surface area (Å²) in [6.45, 7) is 3.51. The van der Waals surface area contributed by atoms with Crippen molar-refractivity contribution in [3.8, 4) is 0 Å². The molecular weight excluding hydrogens is 184 g/mol. The van der Waals surface area contributed by atoms with E-state index in [1.54, 1.807) is 0 Å². The number of rotatable bonds is 3. The molecule has 88 valence electrons. The van der Waals surface area contributed by atoms with Crippen LogP contribution >= 0.6 is 0 Å². The van der Waals surface area contributed by atoms with Crippen LogP contribution in [0.5, 0.6) is 0 Å². The lowest BCUT2D eigenvalue weighted by Crippen LogP contribution is -2.51. The lowest BCUT2D eigenvalue weighted by Gasteiger charge is -2.41. The van der Waals surface area contributed by atoms with E-state index in [1.807, 2.05) is 0 Å². The zero-order valence-corrected chi connectivity index (χ0v) is 10.1. The van der Waals surface area contributed by atoms with Crippen molar-refractivity contribution in [1.29, 1.82) is 0 Å². The van der Waals surface area contributed by atoms with Crippen LogP contribution in [-0.2, 0) is 0 Å². The molecule has 0 aromatic heterocycles. The van der Waals surface area contributed by atoms with Crippen LogP contribution in [-0.4, -0.2) is 18.1 Å². The van der Waals surface area contributed by atoms with Gasteiger partial charge in [-0.25, -0.2) is 0 Å². The highest BCUT2D eigenvalue weighted by Gasteiger charge is 2.32. The Hall–Kier alpha value is -0.0800. The fourth-order valence-corrected chi connectivity index (χ4v) is 2.93. The molecule has 0 aromatic rings. The normalized spacial score (nSPS) is 35.6. The van der Waals surface area contributed by atoms with Gasteiger partial charge >= 0.3 is 0 Å². The molecule has 2 nitrogen and oxygen atoms in total. The Kier molecular flexibility index (Phi) is 3.68. The molecule has 2 unspecified atom stereocenters. The van der Waals surface area contributed by atoms with Crippen LogP contribution < -0.4 is 11.1 Å². The van der Waals surface area contributed by atoms with Gasteiger partial charge in [0.15, 0.2) is 0 Å². The molecule has 0 aromatic carbocycles. The maximum Gasteiger partial charge on any atom is 0.0153 e. The number of nitrogens with one attached hydrogen (secondary N) is 1. The van der Waals surface area contributed by atoms with E-state index < -0.39 is 0 Å².